The molecule has 1 heterocycles. The summed E-state index contributed by atoms with van der Waals surface area (Å²) in [6, 6.07) is 11.6. The Balaban J connectivity index is 1.68. The minimum Gasteiger partial charge on any atom is -0.484 e. The van der Waals surface area contributed by atoms with Gasteiger partial charge in [0.15, 0.2) is 6.61 Å². The molecule has 0 bridgehead atoms. The van der Waals surface area contributed by atoms with Crippen molar-refractivity contribution in [2.75, 3.05) is 29.9 Å². The summed E-state index contributed by atoms with van der Waals surface area (Å²) < 4.78 is 5.66. The van der Waals surface area contributed by atoms with E-state index in [1.165, 1.54) is 6.42 Å². The molecule has 1 aliphatic rings. The molecular weight excluding hydrogens is 348 g/mol. The van der Waals surface area contributed by atoms with Crippen molar-refractivity contribution in [3.05, 3.63) is 52.5 Å². The Morgan fingerprint density at radius 1 is 1.12 bits per heavy atom. The Morgan fingerprint density at radius 2 is 1.81 bits per heavy atom. The number of para-hydroxylation sites is 1. The summed E-state index contributed by atoms with van der Waals surface area (Å²) in [5.74, 6) is 0.518. The quantitative estimate of drug-likeness (QED) is 0.806. The number of carbonyl (C=O) groups excluding carboxylic acids is 1. The number of nitrogens with zero attached hydrogens (tertiary/aromatic N) is 1. The van der Waals surface area contributed by atoms with E-state index < -0.39 is 0 Å². The predicted octanol–water partition coefficient (Wildman–Crippen LogP) is 4.96. The Bertz CT molecular complexity index is 765. The molecule has 0 atom stereocenters. The van der Waals surface area contributed by atoms with Crippen LogP contribution in [0.5, 0.6) is 5.75 Å². The van der Waals surface area contributed by atoms with Crippen LogP contribution in [-0.2, 0) is 4.79 Å². The molecule has 1 saturated heterocycles. The van der Waals surface area contributed by atoms with Gasteiger partial charge in [0.2, 0.25) is 0 Å². The average molecular weight is 373 g/mol. The number of piperidine rings is 1. The lowest BCUT2D eigenvalue weighted by molar-refractivity contribution is -0.118. The number of carbonyl (C=O) groups is 1. The summed E-state index contributed by atoms with van der Waals surface area (Å²) in [6.45, 7) is 5.92. The van der Waals surface area contributed by atoms with E-state index in [0.717, 1.165) is 48.4 Å². The van der Waals surface area contributed by atoms with Crippen LogP contribution in [0.25, 0.3) is 0 Å². The highest BCUT2D eigenvalue weighted by Crippen LogP contribution is 2.35. The fourth-order valence-electron chi connectivity index (χ4n) is 3.41. The number of halogens is 1. The SMILES string of the molecule is Cc1cc(C)cc(OCC(=O)Nc2cccc(Cl)c2N2CCCCC2)c1. The van der Waals surface area contributed by atoms with Crippen LogP contribution in [0, 0.1) is 13.8 Å². The molecule has 1 N–H and O–H groups in total. The van der Waals surface area contributed by atoms with Crippen LogP contribution in [0.15, 0.2) is 36.4 Å². The second kappa shape index (κ2) is 8.45. The highest BCUT2D eigenvalue weighted by molar-refractivity contribution is 6.34. The van der Waals surface area contributed by atoms with Crippen LogP contribution in [0.1, 0.15) is 30.4 Å². The molecular formula is C21H25ClN2O2. The lowest BCUT2D eigenvalue weighted by Gasteiger charge is -2.31. The maximum absolute atomic E-state index is 12.4. The molecule has 0 aliphatic carbocycles. The van der Waals surface area contributed by atoms with E-state index in [-0.39, 0.29) is 12.5 Å². The molecule has 26 heavy (non-hydrogen) atoms. The van der Waals surface area contributed by atoms with Gasteiger partial charge in [-0.15, -0.1) is 0 Å². The van der Waals surface area contributed by atoms with Crippen molar-refractivity contribution < 1.29 is 9.53 Å². The minimum absolute atomic E-state index is 0.0329. The van der Waals surface area contributed by atoms with E-state index in [0.29, 0.717) is 10.8 Å². The van der Waals surface area contributed by atoms with E-state index in [2.05, 4.69) is 16.3 Å². The van der Waals surface area contributed by atoms with Crippen molar-refractivity contribution in [3.63, 3.8) is 0 Å². The van der Waals surface area contributed by atoms with Gasteiger partial charge >= 0.3 is 0 Å². The molecule has 0 unspecified atom stereocenters. The molecule has 3 rings (SSSR count). The largest absolute Gasteiger partial charge is 0.484 e. The standard InChI is InChI=1S/C21H25ClN2O2/c1-15-11-16(2)13-17(12-15)26-14-20(25)23-19-8-6-7-18(22)21(19)24-9-4-3-5-10-24/h6-8,11-13H,3-5,9-10,14H2,1-2H3,(H,23,25). The van der Waals surface area contributed by atoms with Crippen molar-refractivity contribution >= 4 is 28.9 Å². The zero-order valence-electron chi connectivity index (χ0n) is 15.3. The van der Waals surface area contributed by atoms with Crippen molar-refractivity contribution in [1.82, 2.24) is 0 Å². The van der Waals surface area contributed by atoms with E-state index in [9.17, 15) is 4.79 Å². The third-order valence-electron chi connectivity index (χ3n) is 4.50. The monoisotopic (exact) mass is 372 g/mol. The molecule has 1 amide bonds. The van der Waals surface area contributed by atoms with Gasteiger partial charge in [0.1, 0.15) is 5.75 Å². The normalized spacial score (nSPS) is 14.2. The molecule has 0 saturated carbocycles. The lowest BCUT2D eigenvalue weighted by atomic mass is 10.1. The number of aryl methyl sites for hydroxylation is 2. The Labute approximate surface area is 160 Å². The number of rotatable bonds is 5. The van der Waals surface area contributed by atoms with Gasteiger partial charge in [-0.05, 0) is 68.5 Å². The molecule has 0 aromatic heterocycles. The van der Waals surface area contributed by atoms with E-state index in [1.54, 1.807) is 0 Å². The number of hydrogen-bond donors (Lipinski definition) is 1. The van der Waals surface area contributed by atoms with Crippen molar-refractivity contribution in [3.8, 4) is 5.75 Å². The zero-order chi connectivity index (χ0) is 18.5. The second-order valence-corrected chi connectivity index (χ2v) is 7.25. The number of nitrogens with one attached hydrogen (secondary N) is 1. The highest BCUT2D eigenvalue weighted by atomic mass is 35.5. The van der Waals surface area contributed by atoms with Crippen molar-refractivity contribution in [2.24, 2.45) is 0 Å². The molecule has 4 nitrogen and oxygen atoms in total. The van der Waals surface area contributed by atoms with Crippen LogP contribution in [0.3, 0.4) is 0 Å². The molecule has 2 aromatic carbocycles. The average Bonchev–Trinajstić information content (AvgIpc) is 2.60. The van der Waals surface area contributed by atoms with Crippen molar-refractivity contribution in [2.45, 2.75) is 33.1 Å². The van der Waals surface area contributed by atoms with E-state index >= 15 is 0 Å². The molecule has 0 spiro atoms. The number of benzene rings is 2. The third kappa shape index (κ3) is 4.70. The summed E-state index contributed by atoms with van der Waals surface area (Å²) in [6.07, 6.45) is 3.54. The minimum atomic E-state index is -0.190. The van der Waals surface area contributed by atoms with Gasteiger partial charge in [0, 0.05) is 13.1 Å². The second-order valence-electron chi connectivity index (χ2n) is 6.84. The van der Waals surface area contributed by atoms with Gasteiger partial charge in [-0.3, -0.25) is 4.79 Å². The number of anilines is 2. The van der Waals surface area contributed by atoms with Crippen LogP contribution in [0.4, 0.5) is 11.4 Å². The highest BCUT2D eigenvalue weighted by Gasteiger charge is 2.18. The Morgan fingerprint density at radius 3 is 2.50 bits per heavy atom. The van der Waals surface area contributed by atoms with Gasteiger partial charge in [0.25, 0.3) is 5.91 Å². The third-order valence-corrected chi connectivity index (χ3v) is 4.80. The maximum atomic E-state index is 12.4. The summed E-state index contributed by atoms with van der Waals surface area (Å²) in [7, 11) is 0. The van der Waals surface area contributed by atoms with Gasteiger partial charge < -0.3 is 15.0 Å². The maximum Gasteiger partial charge on any atom is 0.262 e. The first kappa shape index (κ1) is 18.6. The lowest BCUT2D eigenvalue weighted by Crippen LogP contribution is -2.31. The van der Waals surface area contributed by atoms with Crippen LogP contribution in [0.2, 0.25) is 5.02 Å². The number of hydrogen-bond acceptors (Lipinski definition) is 3. The number of amides is 1. The summed E-state index contributed by atoms with van der Waals surface area (Å²) >= 11 is 6.43. The molecule has 138 valence electrons. The topological polar surface area (TPSA) is 41.6 Å². The van der Waals surface area contributed by atoms with Gasteiger partial charge in [-0.2, -0.15) is 0 Å². The summed E-state index contributed by atoms with van der Waals surface area (Å²) in [5.41, 5.74) is 3.88. The predicted molar refractivity (Wildman–Crippen MR) is 108 cm³/mol. The molecule has 1 fully saturated rings. The molecule has 2 aromatic rings. The van der Waals surface area contributed by atoms with E-state index in [1.807, 2.05) is 44.2 Å². The first-order valence-electron chi connectivity index (χ1n) is 9.07. The Hall–Kier alpha value is -2.20. The smallest absolute Gasteiger partial charge is 0.262 e. The first-order valence-corrected chi connectivity index (χ1v) is 9.45. The zero-order valence-corrected chi connectivity index (χ0v) is 16.1. The molecule has 5 heteroatoms. The molecule has 0 radical (unpaired) electrons. The van der Waals surface area contributed by atoms with E-state index in [4.69, 9.17) is 16.3 Å². The van der Waals surface area contributed by atoms with Gasteiger partial charge in [-0.1, -0.05) is 23.7 Å². The first-order chi connectivity index (χ1) is 12.5. The van der Waals surface area contributed by atoms with Crippen LogP contribution in [-0.4, -0.2) is 25.6 Å². The number of ether oxygens (including phenoxy) is 1. The van der Waals surface area contributed by atoms with Gasteiger partial charge in [-0.25, -0.2) is 0 Å². The fraction of sp³-hybridized carbons (Fsp3) is 0.381. The van der Waals surface area contributed by atoms with Gasteiger partial charge in [0.05, 0.1) is 16.4 Å². The van der Waals surface area contributed by atoms with Crippen LogP contribution >= 0.6 is 11.6 Å². The van der Waals surface area contributed by atoms with Crippen LogP contribution < -0.4 is 15.0 Å². The summed E-state index contributed by atoms with van der Waals surface area (Å²) in [4.78, 5) is 14.7. The summed E-state index contributed by atoms with van der Waals surface area (Å²) in [5, 5.41) is 3.62. The fourth-order valence-corrected chi connectivity index (χ4v) is 3.70. The Kier molecular flexibility index (Phi) is 6.04. The molecule has 1 aliphatic heterocycles. The van der Waals surface area contributed by atoms with Crippen molar-refractivity contribution in [1.29, 1.82) is 0 Å².